The highest BCUT2D eigenvalue weighted by molar-refractivity contribution is 6.29. The molecule has 10 aromatic carbocycles. The summed E-state index contributed by atoms with van der Waals surface area (Å²) in [6.45, 7) is 0. The largest absolute Gasteiger partial charge is 0.208 e. The Morgan fingerprint density at radius 3 is 1.38 bits per heavy atom. The second-order valence-corrected chi connectivity index (χ2v) is 14.7. The van der Waals surface area contributed by atoms with Gasteiger partial charge in [-0.2, -0.15) is 0 Å². The predicted molar refractivity (Wildman–Crippen MR) is 242 cm³/mol. The zero-order valence-corrected chi connectivity index (χ0v) is 31.5. The third-order valence-electron chi connectivity index (χ3n) is 11.3. The Kier molecular flexibility index (Phi) is 8.15. The lowest BCUT2D eigenvalue weighted by atomic mass is 9.82. The van der Waals surface area contributed by atoms with Gasteiger partial charge in [0.1, 0.15) is 0 Å². The normalized spacial score (nSPS) is 11.4. The first-order valence-corrected chi connectivity index (χ1v) is 19.7. The quantitative estimate of drug-likeness (QED) is 0.126. The van der Waals surface area contributed by atoms with Gasteiger partial charge in [-0.15, -0.1) is 0 Å². The number of fused-ring (bicyclic) bond motifs is 5. The fourth-order valence-corrected chi connectivity index (χ4v) is 8.74. The summed E-state index contributed by atoms with van der Waals surface area (Å²) in [4.78, 5) is 15.7. The third kappa shape index (κ3) is 5.64. The molecule has 0 saturated carbocycles. The molecule has 0 fully saturated rings. The first kappa shape index (κ1) is 33.6. The number of hydrogen-bond donors (Lipinski definition) is 0. The van der Waals surface area contributed by atoms with Crippen molar-refractivity contribution >= 4 is 43.1 Å². The smallest absolute Gasteiger partial charge is 0.164 e. The molecule has 3 nitrogen and oxygen atoms in total. The average Bonchev–Trinajstić information content (AvgIpc) is 3.31. The van der Waals surface area contributed by atoms with Crippen molar-refractivity contribution in [3.05, 3.63) is 212 Å². The van der Waals surface area contributed by atoms with Gasteiger partial charge in [-0.1, -0.05) is 206 Å². The van der Waals surface area contributed by atoms with E-state index in [0.717, 1.165) is 38.6 Å². The lowest BCUT2D eigenvalue weighted by Crippen LogP contribution is -2.01. The molecule has 0 saturated heterocycles. The van der Waals surface area contributed by atoms with Crippen LogP contribution in [0.5, 0.6) is 0 Å². The first-order chi connectivity index (χ1) is 28.8. The van der Waals surface area contributed by atoms with E-state index in [4.69, 9.17) is 15.0 Å². The highest BCUT2D eigenvalue weighted by Crippen LogP contribution is 2.48. The second-order valence-electron chi connectivity index (χ2n) is 14.7. The van der Waals surface area contributed by atoms with Gasteiger partial charge >= 0.3 is 0 Å². The maximum atomic E-state index is 5.30. The van der Waals surface area contributed by atoms with E-state index in [-0.39, 0.29) is 0 Å². The molecule has 1 heterocycles. The number of benzene rings is 10. The molecule has 11 rings (SSSR count). The van der Waals surface area contributed by atoms with Crippen LogP contribution in [-0.2, 0) is 0 Å². The summed E-state index contributed by atoms with van der Waals surface area (Å²) >= 11 is 0. The van der Waals surface area contributed by atoms with Crippen LogP contribution < -0.4 is 0 Å². The number of aromatic nitrogens is 3. The average molecular weight is 738 g/mol. The Morgan fingerprint density at radius 2 is 0.690 bits per heavy atom. The van der Waals surface area contributed by atoms with Crippen LogP contribution in [0.4, 0.5) is 0 Å². The molecular formula is C55H35N3. The maximum absolute atomic E-state index is 5.30. The van der Waals surface area contributed by atoms with Crippen molar-refractivity contribution in [3.8, 4) is 67.5 Å². The molecule has 1 aromatic heterocycles. The fourth-order valence-electron chi connectivity index (χ4n) is 8.74. The fraction of sp³-hybridized carbons (Fsp3) is 0. The summed E-state index contributed by atoms with van der Waals surface area (Å²) < 4.78 is 0. The summed E-state index contributed by atoms with van der Waals surface area (Å²) in [6, 6.07) is 75.3. The van der Waals surface area contributed by atoms with Crippen LogP contribution in [0.25, 0.3) is 111 Å². The first-order valence-electron chi connectivity index (χ1n) is 19.7. The van der Waals surface area contributed by atoms with E-state index >= 15 is 0 Å². The van der Waals surface area contributed by atoms with Crippen molar-refractivity contribution in [2.45, 2.75) is 0 Å². The monoisotopic (exact) mass is 737 g/mol. The molecule has 270 valence electrons. The van der Waals surface area contributed by atoms with Gasteiger partial charge < -0.3 is 0 Å². The van der Waals surface area contributed by atoms with Crippen molar-refractivity contribution in [1.29, 1.82) is 0 Å². The maximum Gasteiger partial charge on any atom is 0.164 e. The Labute approximate surface area is 336 Å². The van der Waals surface area contributed by atoms with Crippen LogP contribution in [-0.4, -0.2) is 15.0 Å². The van der Waals surface area contributed by atoms with Crippen molar-refractivity contribution < 1.29 is 0 Å². The third-order valence-corrected chi connectivity index (χ3v) is 11.3. The molecule has 58 heavy (non-hydrogen) atoms. The van der Waals surface area contributed by atoms with Gasteiger partial charge in [0.2, 0.25) is 0 Å². The van der Waals surface area contributed by atoms with Gasteiger partial charge in [0.15, 0.2) is 17.5 Å². The molecule has 0 bridgehead atoms. The van der Waals surface area contributed by atoms with E-state index < -0.39 is 0 Å². The molecule has 0 aliphatic heterocycles. The van der Waals surface area contributed by atoms with E-state index in [1.807, 2.05) is 24.3 Å². The summed E-state index contributed by atoms with van der Waals surface area (Å²) in [7, 11) is 0. The summed E-state index contributed by atoms with van der Waals surface area (Å²) in [5.41, 5.74) is 9.89. The van der Waals surface area contributed by atoms with Crippen molar-refractivity contribution in [2.75, 3.05) is 0 Å². The molecule has 0 radical (unpaired) electrons. The zero-order chi connectivity index (χ0) is 38.4. The van der Waals surface area contributed by atoms with Crippen molar-refractivity contribution in [2.24, 2.45) is 0 Å². The van der Waals surface area contributed by atoms with Crippen molar-refractivity contribution in [3.63, 3.8) is 0 Å². The van der Waals surface area contributed by atoms with Crippen LogP contribution in [0, 0.1) is 0 Å². The predicted octanol–water partition coefficient (Wildman–Crippen LogP) is 14.5. The Hall–Kier alpha value is -7.75. The highest BCUT2D eigenvalue weighted by atomic mass is 15.0. The van der Waals surface area contributed by atoms with Gasteiger partial charge in [0.05, 0.1) is 0 Å². The number of rotatable bonds is 6. The SMILES string of the molecule is c1ccc(-c2nc(-c3ccccc3-c3ccccc3)nc(-c3ccc(-c4c5ccccc5c(-c5ccccc5)c5ccc6ccccc6c45)c4ccccc34)n2)cc1. The summed E-state index contributed by atoms with van der Waals surface area (Å²) in [5.74, 6) is 1.90. The molecule has 3 heteroatoms. The van der Waals surface area contributed by atoms with Gasteiger partial charge in [0, 0.05) is 16.7 Å². The topological polar surface area (TPSA) is 38.7 Å². The molecule has 0 N–H and O–H groups in total. The van der Waals surface area contributed by atoms with E-state index in [2.05, 4.69) is 188 Å². The van der Waals surface area contributed by atoms with E-state index in [1.54, 1.807) is 0 Å². The number of hydrogen-bond acceptors (Lipinski definition) is 3. The van der Waals surface area contributed by atoms with Crippen LogP contribution in [0.2, 0.25) is 0 Å². The lowest BCUT2D eigenvalue weighted by Gasteiger charge is -2.21. The summed E-state index contributed by atoms with van der Waals surface area (Å²) in [6.07, 6.45) is 0. The van der Waals surface area contributed by atoms with Gasteiger partial charge in [-0.05, 0) is 82.5 Å². The molecule has 0 amide bonds. The van der Waals surface area contributed by atoms with Crippen LogP contribution in [0.15, 0.2) is 212 Å². The van der Waals surface area contributed by atoms with Gasteiger partial charge in [0.25, 0.3) is 0 Å². The van der Waals surface area contributed by atoms with Gasteiger partial charge in [-0.3, -0.25) is 0 Å². The molecule has 0 unspecified atom stereocenters. The highest BCUT2D eigenvalue weighted by Gasteiger charge is 2.22. The minimum Gasteiger partial charge on any atom is -0.208 e. The standard InChI is InChI=1S/C55H35N3/c1-4-18-36(19-5-1)40-25-12-17-31-47(40)54-56-53(39-23-8-3-9-24-39)57-55(58-54)48-35-34-46(42-27-13-14-28-43(42)48)52-45-30-16-15-29-44(45)50(38-21-6-2-7-22-38)49-33-32-37-20-10-11-26-41(37)51(49)52/h1-35H. The van der Waals surface area contributed by atoms with Crippen LogP contribution in [0.3, 0.4) is 0 Å². The number of nitrogens with zero attached hydrogens (tertiary/aromatic N) is 3. The van der Waals surface area contributed by atoms with Gasteiger partial charge in [-0.25, -0.2) is 15.0 Å². The molecular weight excluding hydrogens is 703 g/mol. The molecule has 0 spiro atoms. The minimum absolute atomic E-state index is 0.633. The van der Waals surface area contributed by atoms with E-state index in [9.17, 15) is 0 Å². The Morgan fingerprint density at radius 1 is 0.224 bits per heavy atom. The second kappa shape index (κ2) is 14.1. The molecule has 11 aromatic rings. The summed E-state index contributed by atoms with van der Waals surface area (Å²) in [5, 5.41) is 9.60. The molecule has 0 atom stereocenters. The van der Waals surface area contributed by atoms with Crippen LogP contribution in [0.1, 0.15) is 0 Å². The molecule has 0 aliphatic carbocycles. The lowest BCUT2D eigenvalue weighted by molar-refractivity contribution is 1.08. The Balaban J connectivity index is 1.20. The van der Waals surface area contributed by atoms with E-state index in [0.29, 0.717) is 17.5 Å². The minimum atomic E-state index is 0.633. The van der Waals surface area contributed by atoms with E-state index in [1.165, 1.54) is 54.6 Å². The van der Waals surface area contributed by atoms with Crippen molar-refractivity contribution in [1.82, 2.24) is 15.0 Å². The molecule has 0 aliphatic rings. The Bertz CT molecular complexity index is 3320. The van der Waals surface area contributed by atoms with Crippen LogP contribution >= 0.6 is 0 Å². The zero-order valence-electron chi connectivity index (χ0n) is 31.5.